The van der Waals surface area contributed by atoms with Crippen molar-refractivity contribution in [2.75, 3.05) is 13.2 Å². The van der Waals surface area contributed by atoms with Gasteiger partial charge in [0.1, 0.15) is 0 Å². The second-order valence-electron chi connectivity index (χ2n) is 4.85. The summed E-state index contributed by atoms with van der Waals surface area (Å²) in [7, 11) is 0. The molecule has 1 heterocycles. The van der Waals surface area contributed by atoms with Gasteiger partial charge in [-0.2, -0.15) is 0 Å². The standard InChI is InChI=1S/C15H22N2O/c1-12(2)18-9-3-7-16-11-13-4-5-14-6-8-17-15(14)10-13/h4-6,8,10,12,16-17H,3,7,9,11H2,1-2H3. The zero-order chi connectivity index (χ0) is 12.8. The third-order valence-corrected chi connectivity index (χ3v) is 2.90. The Kier molecular flexibility index (Phi) is 4.79. The van der Waals surface area contributed by atoms with E-state index in [0.717, 1.165) is 26.1 Å². The number of rotatable bonds is 7. The smallest absolute Gasteiger partial charge is 0.0518 e. The number of hydrogen-bond acceptors (Lipinski definition) is 2. The van der Waals surface area contributed by atoms with Gasteiger partial charge in [0.25, 0.3) is 0 Å². The average molecular weight is 246 g/mol. The lowest BCUT2D eigenvalue weighted by Gasteiger charge is -2.08. The van der Waals surface area contributed by atoms with Crippen molar-refractivity contribution < 1.29 is 4.74 Å². The highest BCUT2D eigenvalue weighted by Crippen LogP contribution is 2.13. The van der Waals surface area contributed by atoms with Crippen molar-refractivity contribution in [1.29, 1.82) is 0 Å². The molecule has 2 aromatic rings. The van der Waals surface area contributed by atoms with Crippen LogP contribution in [0.1, 0.15) is 25.8 Å². The molecule has 2 N–H and O–H groups in total. The predicted molar refractivity (Wildman–Crippen MR) is 75.7 cm³/mol. The van der Waals surface area contributed by atoms with Crippen molar-refractivity contribution in [3.63, 3.8) is 0 Å². The zero-order valence-electron chi connectivity index (χ0n) is 11.2. The van der Waals surface area contributed by atoms with Crippen LogP contribution in [-0.2, 0) is 11.3 Å². The summed E-state index contributed by atoms with van der Waals surface area (Å²) in [5, 5.41) is 4.71. The fraction of sp³-hybridized carbons (Fsp3) is 0.467. The number of nitrogens with one attached hydrogen (secondary N) is 2. The normalized spacial score (nSPS) is 11.5. The van der Waals surface area contributed by atoms with Crippen LogP contribution in [0.25, 0.3) is 10.9 Å². The Hall–Kier alpha value is -1.32. The van der Waals surface area contributed by atoms with Gasteiger partial charge in [0.15, 0.2) is 0 Å². The first kappa shape index (κ1) is 13.1. The van der Waals surface area contributed by atoms with Gasteiger partial charge in [0.05, 0.1) is 6.10 Å². The summed E-state index contributed by atoms with van der Waals surface area (Å²) in [5.74, 6) is 0. The number of hydrogen-bond donors (Lipinski definition) is 2. The maximum atomic E-state index is 5.50. The summed E-state index contributed by atoms with van der Waals surface area (Å²) in [6.07, 6.45) is 3.37. The van der Waals surface area contributed by atoms with Crippen molar-refractivity contribution in [2.24, 2.45) is 0 Å². The number of aromatic nitrogens is 1. The van der Waals surface area contributed by atoms with Crippen LogP contribution in [0.3, 0.4) is 0 Å². The Labute approximate surface area is 109 Å². The van der Waals surface area contributed by atoms with E-state index in [0.29, 0.717) is 6.10 Å². The van der Waals surface area contributed by atoms with Crippen LogP contribution in [0, 0.1) is 0 Å². The summed E-state index contributed by atoms with van der Waals surface area (Å²) < 4.78 is 5.50. The molecule has 0 aliphatic heterocycles. The first-order chi connectivity index (χ1) is 8.75. The van der Waals surface area contributed by atoms with E-state index in [-0.39, 0.29) is 0 Å². The molecule has 1 aromatic carbocycles. The summed E-state index contributed by atoms with van der Waals surface area (Å²) >= 11 is 0. The van der Waals surface area contributed by atoms with Crippen LogP contribution in [0.15, 0.2) is 30.5 Å². The van der Waals surface area contributed by atoms with Crippen molar-refractivity contribution in [2.45, 2.75) is 32.9 Å². The van der Waals surface area contributed by atoms with E-state index in [1.54, 1.807) is 0 Å². The van der Waals surface area contributed by atoms with E-state index >= 15 is 0 Å². The molecular weight excluding hydrogens is 224 g/mol. The molecule has 0 amide bonds. The van der Waals surface area contributed by atoms with Crippen molar-refractivity contribution in [3.8, 4) is 0 Å². The summed E-state index contributed by atoms with van der Waals surface area (Å²) in [4.78, 5) is 3.24. The third-order valence-electron chi connectivity index (χ3n) is 2.90. The van der Waals surface area contributed by atoms with E-state index < -0.39 is 0 Å². The largest absolute Gasteiger partial charge is 0.379 e. The summed E-state index contributed by atoms with van der Waals surface area (Å²) in [5.41, 5.74) is 2.52. The Balaban J connectivity index is 1.70. The van der Waals surface area contributed by atoms with Gasteiger partial charge in [-0.05, 0) is 49.9 Å². The van der Waals surface area contributed by atoms with Gasteiger partial charge in [0, 0.05) is 24.9 Å². The predicted octanol–water partition coefficient (Wildman–Crippen LogP) is 3.07. The van der Waals surface area contributed by atoms with Gasteiger partial charge in [-0.15, -0.1) is 0 Å². The van der Waals surface area contributed by atoms with Gasteiger partial charge in [-0.25, -0.2) is 0 Å². The van der Waals surface area contributed by atoms with Gasteiger partial charge >= 0.3 is 0 Å². The van der Waals surface area contributed by atoms with E-state index in [1.165, 1.54) is 16.5 Å². The van der Waals surface area contributed by atoms with E-state index in [2.05, 4.69) is 48.4 Å². The van der Waals surface area contributed by atoms with Crippen LogP contribution >= 0.6 is 0 Å². The SMILES string of the molecule is CC(C)OCCCNCc1ccc2cc[nH]c2c1. The molecule has 18 heavy (non-hydrogen) atoms. The number of fused-ring (bicyclic) bond motifs is 1. The van der Waals surface area contributed by atoms with E-state index in [9.17, 15) is 0 Å². The number of ether oxygens (including phenoxy) is 1. The Morgan fingerprint density at radius 1 is 1.28 bits per heavy atom. The molecule has 0 atom stereocenters. The minimum Gasteiger partial charge on any atom is -0.379 e. The van der Waals surface area contributed by atoms with Crippen LogP contribution in [0.2, 0.25) is 0 Å². The quantitative estimate of drug-likeness (QED) is 0.737. The van der Waals surface area contributed by atoms with Crippen LogP contribution < -0.4 is 5.32 Å². The topological polar surface area (TPSA) is 37.0 Å². The molecule has 0 aliphatic carbocycles. The lowest BCUT2D eigenvalue weighted by molar-refractivity contribution is 0.0770. The fourth-order valence-electron chi connectivity index (χ4n) is 1.95. The summed E-state index contributed by atoms with van der Waals surface area (Å²) in [6, 6.07) is 8.63. The van der Waals surface area contributed by atoms with Gasteiger partial charge in [0.2, 0.25) is 0 Å². The van der Waals surface area contributed by atoms with E-state index in [1.807, 2.05) is 6.20 Å². The molecule has 0 aliphatic rings. The van der Waals surface area contributed by atoms with E-state index in [4.69, 9.17) is 4.74 Å². The van der Waals surface area contributed by atoms with Crippen molar-refractivity contribution in [1.82, 2.24) is 10.3 Å². The monoisotopic (exact) mass is 246 g/mol. The van der Waals surface area contributed by atoms with Crippen LogP contribution in [-0.4, -0.2) is 24.2 Å². The Bertz CT molecular complexity index is 476. The second-order valence-corrected chi connectivity index (χ2v) is 4.85. The number of aromatic amines is 1. The molecule has 0 fully saturated rings. The number of benzene rings is 1. The molecule has 0 saturated carbocycles. The maximum absolute atomic E-state index is 5.50. The first-order valence-corrected chi connectivity index (χ1v) is 6.64. The Morgan fingerprint density at radius 3 is 3.00 bits per heavy atom. The highest BCUT2D eigenvalue weighted by atomic mass is 16.5. The molecule has 0 saturated heterocycles. The van der Waals surface area contributed by atoms with Crippen molar-refractivity contribution in [3.05, 3.63) is 36.0 Å². The molecule has 3 heteroatoms. The highest BCUT2D eigenvalue weighted by Gasteiger charge is 1.97. The average Bonchev–Trinajstić information content (AvgIpc) is 2.80. The minimum atomic E-state index is 0.334. The van der Waals surface area contributed by atoms with Crippen molar-refractivity contribution >= 4 is 10.9 Å². The minimum absolute atomic E-state index is 0.334. The molecule has 1 aromatic heterocycles. The molecule has 0 bridgehead atoms. The Morgan fingerprint density at radius 2 is 2.17 bits per heavy atom. The maximum Gasteiger partial charge on any atom is 0.0518 e. The fourth-order valence-corrected chi connectivity index (χ4v) is 1.95. The summed E-state index contributed by atoms with van der Waals surface area (Å²) in [6.45, 7) is 6.88. The highest BCUT2D eigenvalue weighted by molar-refractivity contribution is 5.79. The van der Waals surface area contributed by atoms with Crippen LogP contribution in [0.4, 0.5) is 0 Å². The molecule has 0 radical (unpaired) electrons. The molecule has 3 nitrogen and oxygen atoms in total. The zero-order valence-corrected chi connectivity index (χ0v) is 11.2. The van der Waals surface area contributed by atoms with Crippen LogP contribution in [0.5, 0.6) is 0 Å². The molecule has 2 rings (SSSR count). The molecular formula is C15H22N2O. The lowest BCUT2D eigenvalue weighted by atomic mass is 10.1. The molecule has 0 spiro atoms. The first-order valence-electron chi connectivity index (χ1n) is 6.64. The van der Waals surface area contributed by atoms with Gasteiger partial charge in [-0.3, -0.25) is 0 Å². The lowest BCUT2D eigenvalue weighted by Crippen LogP contribution is -2.17. The number of H-pyrrole nitrogens is 1. The molecule has 98 valence electrons. The molecule has 0 unspecified atom stereocenters. The van der Waals surface area contributed by atoms with Gasteiger partial charge < -0.3 is 15.0 Å². The third kappa shape index (κ3) is 3.86. The second kappa shape index (κ2) is 6.57. The van der Waals surface area contributed by atoms with Gasteiger partial charge in [-0.1, -0.05) is 12.1 Å².